The number of hydrogen-bond acceptors (Lipinski definition) is 3. The van der Waals surface area contributed by atoms with Crippen LogP contribution in [0.15, 0.2) is 12.4 Å². The van der Waals surface area contributed by atoms with Gasteiger partial charge in [0.2, 0.25) is 10.0 Å². The summed E-state index contributed by atoms with van der Waals surface area (Å²) in [5.41, 5.74) is 0. The predicted molar refractivity (Wildman–Crippen MR) is 56.6 cm³/mol. The van der Waals surface area contributed by atoms with Crippen molar-refractivity contribution in [2.24, 2.45) is 5.92 Å². The van der Waals surface area contributed by atoms with Crippen molar-refractivity contribution >= 4 is 10.0 Å². The van der Waals surface area contributed by atoms with Gasteiger partial charge in [0.15, 0.2) is 0 Å². The van der Waals surface area contributed by atoms with E-state index in [1.165, 1.54) is 4.31 Å². The standard InChI is InChI=1S/C9H15N3O2S/c1-12(6-9-10-4-5-11-9)15(13,14)7-8-2-3-8/h4-5,8H,2-3,6-7H2,1H3,(H,10,11). The van der Waals surface area contributed by atoms with E-state index >= 15 is 0 Å². The molecule has 1 aliphatic carbocycles. The molecule has 0 saturated heterocycles. The average molecular weight is 229 g/mol. The maximum absolute atomic E-state index is 11.8. The number of hydrogen-bond donors (Lipinski definition) is 1. The summed E-state index contributed by atoms with van der Waals surface area (Å²) in [6, 6.07) is 0. The van der Waals surface area contributed by atoms with Gasteiger partial charge in [0.1, 0.15) is 5.82 Å². The van der Waals surface area contributed by atoms with Crippen LogP contribution in [0, 0.1) is 5.92 Å². The summed E-state index contributed by atoms with van der Waals surface area (Å²) in [6.45, 7) is 0.321. The fourth-order valence-electron chi connectivity index (χ4n) is 1.40. The van der Waals surface area contributed by atoms with Crippen LogP contribution in [0.1, 0.15) is 18.7 Å². The Morgan fingerprint density at radius 1 is 1.60 bits per heavy atom. The molecule has 84 valence electrons. The smallest absolute Gasteiger partial charge is 0.214 e. The number of aromatic amines is 1. The first-order chi connectivity index (χ1) is 7.08. The number of nitrogens with one attached hydrogen (secondary N) is 1. The lowest BCUT2D eigenvalue weighted by atomic mass is 10.5. The second kappa shape index (κ2) is 3.94. The molecule has 1 N–H and O–H groups in total. The van der Waals surface area contributed by atoms with E-state index in [9.17, 15) is 8.42 Å². The Bertz CT molecular complexity index is 409. The molecule has 6 heteroatoms. The molecule has 0 aliphatic heterocycles. The Balaban J connectivity index is 1.96. The van der Waals surface area contributed by atoms with Gasteiger partial charge in [-0.2, -0.15) is 4.31 Å². The summed E-state index contributed by atoms with van der Waals surface area (Å²) < 4.78 is 24.9. The highest BCUT2D eigenvalue weighted by Crippen LogP contribution is 2.31. The van der Waals surface area contributed by atoms with Crippen molar-refractivity contribution in [2.45, 2.75) is 19.4 Å². The van der Waals surface area contributed by atoms with Crippen molar-refractivity contribution in [3.05, 3.63) is 18.2 Å². The van der Waals surface area contributed by atoms with Gasteiger partial charge in [-0.15, -0.1) is 0 Å². The van der Waals surface area contributed by atoms with E-state index in [4.69, 9.17) is 0 Å². The van der Waals surface area contributed by atoms with Crippen molar-refractivity contribution in [1.29, 1.82) is 0 Å². The first-order valence-corrected chi connectivity index (χ1v) is 6.61. The van der Waals surface area contributed by atoms with E-state index in [0.717, 1.165) is 12.8 Å². The fraction of sp³-hybridized carbons (Fsp3) is 0.667. The van der Waals surface area contributed by atoms with Gasteiger partial charge < -0.3 is 4.98 Å². The number of aromatic nitrogens is 2. The molecule has 1 heterocycles. The molecule has 1 fully saturated rings. The molecular weight excluding hydrogens is 214 g/mol. The molecule has 1 saturated carbocycles. The van der Waals surface area contributed by atoms with E-state index in [2.05, 4.69) is 9.97 Å². The Labute approximate surface area is 89.6 Å². The summed E-state index contributed by atoms with van der Waals surface area (Å²) in [5.74, 6) is 1.34. The van der Waals surface area contributed by atoms with Crippen LogP contribution < -0.4 is 0 Å². The number of sulfonamides is 1. The van der Waals surface area contributed by atoms with Crippen molar-refractivity contribution < 1.29 is 8.42 Å². The highest BCUT2D eigenvalue weighted by molar-refractivity contribution is 7.89. The highest BCUT2D eigenvalue weighted by Gasteiger charge is 2.30. The molecule has 5 nitrogen and oxygen atoms in total. The SMILES string of the molecule is CN(Cc1ncc[nH]1)S(=O)(=O)CC1CC1. The van der Waals surface area contributed by atoms with E-state index in [0.29, 0.717) is 18.3 Å². The van der Waals surface area contributed by atoms with Crippen LogP contribution in [0.5, 0.6) is 0 Å². The summed E-state index contributed by atoms with van der Waals surface area (Å²) >= 11 is 0. The molecule has 1 aromatic rings. The van der Waals surface area contributed by atoms with Crippen LogP contribution in [0.25, 0.3) is 0 Å². The molecule has 0 atom stereocenters. The number of nitrogens with zero attached hydrogens (tertiary/aromatic N) is 2. The molecule has 0 aromatic carbocycles. The number of rotatable bonds is 5. The van der Waals surface area contributed by atoms with Gasteiger partial charge in [0.25, 0.3) is 0 Å². The summed E-state index contributed by atoms with van der Waals surface area (Å²) in [6.07, 6.45) is 5.41. The molecule has 2 rings (SSSR count). The Morgan fingerprint density at radius 3 is 2.87 bits per heavy atom. The van der Waals surface area contributed by atoms with Crippen LogP contribution >= 0.6 is 0 Å². The topological polar surface area (TPSA) is 66.1 Å². The zero-order chi connectivity index (χ0) is 10.9. The molecule has 0 spiro atoms. The second-order valence-corrected chi connectivity index (χ2v) is 6.13. The van der Waals surface area contributed by atoms with E-state index in [-0.39, 0.29) is 5.75 Å². The maximum atomic E-state index is 11.8. The first-order valence-electron chi connectivity index (χ1n) is 5.00. The second-order valence-electron chi connectivity index (χ2n) is 4.01. The highest BCUT2D eigenvalue weighted by atomic mass is 32.2. The van der Waals surface area contributed by atoms with Crippen molar-refractivity contribution in [3.8, 4) is 0 Å². The maximum Gasteiger partial charge on any atom is 0.214 e. The lowest BCUT2D eigenvalue weighted by molar-refractivity contribution is 0.456. The zero-order valence-corrected chi connectivity index (χ0v) is 9.50. The lowest BCUT2D eigenvalue weighted by Gasteiger charge is -2.15. The minimum Gasteiger partial charge on any atom is -0.347 e. The minimum absolute atomic E-state index is 0.282. The van der Waals surface area contributed by atoms with Gasteiger partial charge in [-0.1, -0.05) is 0 Å². The van der Waals surface area contributed by atoms with Crippen LogP contribution in [0.3, 0.4) is 0 Å². The van der Waals surface area contributed by atoms with E-state index in [1.54, 1.807) is 19.4 Å². The Hall–Kier alpha value is -0.880. The van der Waals surface area contributed by atoms with Gasteiger partial charge in [0, 0.05) is 19.4 Å². The van der Waals surface area contributed by atoms with E-state index < -0.39 is 10.0 Å². The molecule has 0 bridgehead atoms. The van der Waals surface area contributed by atoms with Crippen LogP contribution in [-0.2, 0) is 16.6 Å². The Kier molecular flexibility index (Phi) is 2.79. The molecule has 0 radical (unpaired) electrons. The molecule has 0 amide bonds. The monoisotopic (exact) mass is 229 g/mol. The molecule has 1 aliphatic rings. The van der Waals surface area contributed by atoms with Crippen molar-refractivity contribution in [3.63, 3.8) is 0 Å². The van der Waals surface area contributed by atoms with E-state index in [1.807, 2.05) is 0 Å². The van der Waals surface area contributed by atoms with Crippen molar-refractivity contribution in [1.82, 2.24) is 14.3 Å². The zero-order valence-electron chi connectivity index (χ0n) is 8.68. The summed E-state index contributed by atoms with van der Waals surface area (Å²) in [5, 5.41) is 0. The van der Waals surface area contributed by atoms with Gasteiger partial charge in [-0.25, -0.2) is 13.4 Å². The van der Waals surface area contributed by atoms with Crippen LogP contribution in [0.4, 0.5) is 0 Å². The first kappa shape index (κ1) is 10.6. The van der Waals surface area contributed by atoms with Crippen LogP contribution in [-0.4, -0.2) is 35.5 Å². The van der Waals surface area contributed by atoms with Gasteiger partial charge in [-0.3, -0.25) is 0 Å². The number of imidazole rings is 1. The third-order valence-electron chi connectivity index (χ3n) is 2.55. The number of H-pyrrole nitrogens is 1. The van der Waals surface area contributed by atoms with Crippen LogP contribution in [0.2, 0.25) is 0 Å². The summed E-state index contributed by atoms with van der Waals surface area (Å²) in [4.78, 5) is 6.89. The third kappa shape index (κ3) is 2.79. The normalized spacial score (nSPS) is 17.2. The fourth-order valence-corrected chi connectivity index (χ4v) is 2.91. The Morgan fingerprint density at radius 2 is 2.33 bits per heavy atom. The molecule has 1 aromatic heterocycles. The average Bonchev–Trinajstić information content (AvgIpc) is 2.81. The van der Waals surface area contributed by atoms with Crippen molar-refractivity contribution in [2.75, 3.05) is 12.8 Å². The molecule has 0 unspecified atom stereocenters. The third-order valence-corrected chi connectivity index (χ3v) is 4.52. The molecule has 15 heavy (non-hydrogen) atoms. The largest absolute Gasteiger partial charge is 0.347 e. The van der Waals surface area contributed by atoms with Gasteiger partial charge in [0.05, 0.1) is 12.3 Å². The van der Waals surface area contributed by atoms with Gasteiger partial charge in [-0.05, 0) is 18.8 Å². The quantitative estimate of drug-likeness (QED) is 0.803. The molecular formula is C9H15N3O2S. The minimum atomic E-state index is -3.10. The lowest BCUT2D eigenvalue weighted by Crippen LogP contribution is -2.29. The summed E-state index contributed by atoms with van der Waals surface area (Å²) in [7, 11) is -1.50. The van der Waals surface area contributed by atoms with Gasteiger partial charge >= 0.3 is 0 Å². The predicted octanol–water partition coefficient (Wildman–Crippen LogP) is 0.581.